The summed E-state index contributed by atoms with van der Waals surface area (Å²) < 4.78 is 0. The second kappa shape index (κ2) is 7.80. The number of aliphatic hydroxyl groups is 1. The first-order chi connectivity index (χ1) is 13.5. The first-order valence-corrected chi connectivity index (χ1v) is 10.5. The van der Waals surface area contributed by atoms with Crippen molar-refractivity contribution >= 4 is 33.9 Å². The Hall–Kier alpha value is -2.38. The number of benzene rings is 1. The number of amides is 1. The molecule has 0 fully saturated rings. The van der Waals surface area contributed by atoms with E-state index < -0.39 is 5.97 Å². The van der Waals surface area contributed by atoms with E-state index in [9.17, 15) is 14.7 Å². The van der Waals surface area contributed by atoms with E-state index in [-0.39, 0.29) is 28.9 Å². The van der Waals surface area contributed by atoms with Crippen LogP contribution in [0.25, 0.3) is 0 Å². The number of hydrogen-bond donors (Lipinski definition) is 4. The Morgan fingerprint density at radius 2 is 1.79 bits per heavy atom. The molecular formula is C22H28N2O4S. The highest BCUT2D eigenvalue weighted by Crippen LogP contribution is 2.52. The van der Waals surface area contributed by atoms with Gasteiger partial charge in [0.05, 0.1) is 12.2 Å². The number of carbonyl (C=O) groups excluding carboxylic acids is 1. The van der Waals surface area contributed by atoms with Crippen LogP contribution in [-0.4, -0.2) is 35.2 Å². The molecule has 6 nitrogen and oxygen atoms in total. The first kappa shape index (κ1) is 21.3. The van der Waals surface area contributed by atoms with Crippen molar-refractivity contribution in [2.45, 2.75) is 46.0 Å². The summed E-state index contributed by atoms with van der Waals surface area (Å²) in [7, 11) is 0. The van der Waals surface area contributed by atoms with Crippen molar-refractivity contribution < 1.29 is 19.8 Å². The quantitative estimate of drug-likeness (QED) is 0.561. The van der Waals surface area contributed by atoms with Crippen LogP contribution in [0.15, 0.2) is 24.3 Å². The second-order valence-electron chi connectivity index (χ2n) is 9.00. The number of thiophene rings is 1. The highest BCUT2D eigenvalue weighted by Gasteiger charge is 2.42. The van der Waals surface area contributed by atoms with Gasteiger partial charge in [0, 0.05) is 22.7 Å². The minimum Gasteiger partial charge on any atom is -0.478 e. The molecule has 1 aromatic carbocycles. The lowest BCUT2D eigenvalue weighted by Gasteiger charge is -2.40. The van der Waals surface area contributed by atoms with Gasteiger partial charge in [-0.1, -0.05) is 27.7 Å². The van der Waals surface area contributed by atoms with Crippen molar-refractivity contribution in [1.29, 1.82) is 0 Å². The van der Waals surface area contributed by atoms with Crippen LogP contribution in [-0.2, 0) is 11.8 Å². The van der Waals surface area contributed by atoms with Gasteiger partial charge in [0.1, 0.15) is 5.00 Å². The lowest BCUT2D eigenvalue weighted by molar-refractivity contribution is 0.0696. The van der Waals surface area contributed by atoms with Gasteiger partial charge < -0.3 is 20.8 Å². The first-order valence-electron chi connectivity index (χ1n) is 9.70. The molecular weight excluding hydrogens is 388 g/mol. The maximum atomic E-state index is 12.8. The van der Waals surface area contributed by atoms with Crippen LogP contribution in [0.2, 0.25) is 0 Å². The Morgan fingerprint density at radius 1 is 1.14 bits per heavy atom. The number of aromatic carboxylic acids is 1. The monoisotopic (exact) mass is 416 g/mol. The van der Waals surface area contributed by atoms with Gasteiger partial charge in [0.25, 0.3) is 5.91 Å². The van der Waals surface area contributed by atoms with Gasteiger partial charge in [0.2, 0.25) is 0 Å². The third kappa shape index (κ3) is 4.46. The summed E-state index contributed by atoms with van der Waals surface area (Å²) in [6.45, 7) is 9.05. The summed E-state index contributed by atoms with van der Waals surface area (Å²) in [6.07, 6.45) is 1.65. The predicted octanol–water partition coefficient (Wildman–Crippen LogP) is 4.35. The van der Waals surface area contributed by atoms with Gasteiger partial charge in [0.15, 0.2) is 0 Å². The third-order valence-electron chi connectivity index (χ3n) is 5.23. The summed E-state index contributed by atoms with van der Waals surface area (Å²) in [5.41, 5.74) is 2.18. The fourth-order valence-electron chi connectivity index (χ4n) is 4.43. The fraction of sp³-hybridized carbons (Fsp3) is 0.455. The number of carboxylic acids is 1. The van der Waals surface area contributed by atoms with Crippen molar-refractivity contribution in [3.8, 4) is 0 Å². The number of anilines is 2. The highest BCUT2D eigenvalue weighted by molar-refractivity contribution is 7.17. The van der Waals surface area contributed by atoms with E-state index in [1.54, 1.807) is 24.3 Å². The second-order valence-corrected chi connectivity index (χ2v) is 10.0. The zero-order chi connectivity index (χ0) is 21.4. The normalized spacial score (nSPS) is 16.7. The summed E-state index contributed by atoms with van der Waals surface area (Å²) >= 11 is 1.38. The molecule has 2 aromatic rings. The summed E-state index contributed by atoms with van der Waals surface area (Å²) in [5.74, 6) is -1.34. The summed E-state index contributed by atoms with van der Waals surface area (Å²) in [4.78, 5) is 25.9. The number of fused-ring (bicyclic) bond motifs is 1. The Labute approximate surface area is 175 Å². The van der Waals surface area contributed by atoms with Crippen LogP contribution < -0.4 is 10.6 Å². The van der Waals surface area contributed by atoms with Crippen LogP contribution >= 0.6 is 11.3 Å². The average Bonchev–Trinajstić information content (AvgIpc) is 2.97. The maximum absolute atomic E-state index is 12.8. The Morgan fingerprint density at radius 3 is 2.38 bits per heavy atom. The molecule has 1 heterocycles. The van der Waals surface area contributed by atoms with Crippen molar-refractivity contribution in [2.24, 2.45) is 5.41 Å². The van der Waals surface area contributed by atoms with Crippen LogP contribution in [0.4, 0.5) is 10.7 Å². The van der Waals surface area contributed by atoms with Gasteiger partial charge in [-0.3, -0.25) is 4.79 Å². The SMILES string of the molecule is CC1(C)Cc2c(sc(NC(=O)c3ccc(NCCO)cc3)c2C(=O)O)C(C)(C)C1. The van der Waals surface area contributed by atoms with Gasteiger partial charge in [-0.05, 0) is 53.5 Å². The Balaban J connectivity index is 1.91. The molecule has 0 saturated heterocycles. The number of carbonyl (C=O) groups is 2. The molecule has 0 unspecified atom stereocenters. The van der Waals surface area contributed by atoms with E-state index in [0.29, 0.717) is 23.5 Å². The zero-order valence-corrected chi connectivity index (χ0v) is 18.1. The van der Waals surface area contributed by atoms with Crippen LogP contribution in [0.5, 0.6) is 0 Å². The molecule has 0 saturated carbocycles. The molecule has 1 aromatic heterocycles. The van der Waals surface area contributed by atoms with Crippen molar-refractivity contribution in [3.63, 3.8) is 0 Å². The number of nitrogens with one attached hydrogen (secondary N) is 2. The highest BCUT2D eigenvalue weighted by atomic mass is 32.1. The summed E-state index contributed by atoms with van der Waals surface area (Å²) in [6, 6.07) is 6.87. The largest absolute Gasteiger partial charge is 0.478 e. The molecule has 4 N–H and O–H groups in total. The van der Waals surface area contributed by atoms with Gasteiger partial charge in [-0.25, -0.2) is 4.79 Å². The van der Waals surface area contributed by atoms with Crippen molar-refractivity contribution in [3.05, 3.63) is 45.8 Å². The third-order valence-corrected chi connectivity index (χ3v) is 6.74. The maximum Gasteiger partial charge on any atom is 0.339 e. The van der Waals surface area contributed by atoms with E-state index in [2.05, 4.69) is 38.3 Å². The fourth-order valence-corrected chi connectivity index (χ4v) is 5.73. The van der Waals surface area contributed by atoms with Crippen LogP contribution in [0.1, 0.15) is 65.3 Å². The van der Waals surface area contributed by atoms with E-state index in [1.165, 1.54) is 11.3 Å². The van der Waals surface area contributed by atoms with E-state index >= 15 is 0 Å². The lowest BCUT2D eigenvalue weighted by Crippen LogP contribution is -2.34. The average molecular weight is 417 g/mol. The van der Waals surface area contributed by atoms with Crippen LogP contribution in [0, 0.1) is 5.41 Å². The van der Waals surface area contributed by atoms with Crippen LogP contribution in [0.3, 0.4) is 0 Å². The molecule has 1 amide bonds. The minimum absolute atomic E-state index is 0.000449. The number of aliphatic hydroxyl groups excluding tert-OH is 1. The molecule has 0 aliphatic heterocycles. The molecule has 1 aliphatic carbocycles. The van der Waals surface area contributed by atoms with Gasteiger partial charge >= 0.3 is 5.97 Å². The molecule has 29 heavy (non-hydrogen) atoms. The topological polar surface area (TPSA) is 98.7 Å². The lowest BCUT2D eigenvalue weighted by atomic mass is 9.65. The molecule has 0 radical (unpaired) electrons. The molecule has 0 bridgehead atoms. The molecule has 7 heteroatoms. The molecule has 156 valence electrons. The van der Waals surface area contributed by atoms with Crippen molar-refractivity contribution in [1.82, 2.24) is 0 Å². The van der Waals surface area contributed by atoms with E-state index in [0.717, 1.165) is 22.5 Å². The molecule has 3 rings (SSSR count). The number of carboxylic acid groups (broad SMARTS) is 1. The van der Waals surface area contributed by atoms with Crippen molar-refractivity contribution in [2.75, 3.05) is 23.8 Å². The predicted molar refractivity (Wildman–Crippen MR) is 116 cm³/mol. The molecule has 0 atom stereocenters. The molecule has 0 spiro atoms. The van der Waals surface area contributed by atoms with E-state index in [4.69, 9.17) is 5.11 Å². The zero-order valence-electron chi connectivity index (χ0n) is 17.3. The minimum atomic E-state index is -1.00. The standard InChI is InChI=1S/C22H28N2O4S/c1-21(2)11-15-16(20(27)28)19(29-17(15)22(3,4)12-21)24-18(26)13-5-7-14(8-6-13)23-9-10-25/h5-8,23,25H,9-12H2,1-4H3,(H,24,26)(H,27,28). The smallest absolute Gasteiger partial charge is 0.339 e. The molecule has 1 aliphatic rings. The van der Waals surface area contributed by atoms with Gasteiger partial charge in [-0.15, -0.1) is 11.3 Å². The van der Waals surface area contributed by atoms with Gasteiger partial charge in [-0.2, -0.15) is 0 Å². The number of rotatable bonds is 6. The Kier molecular flexibility index (Phi) is 5.74. The number of hydrogen-bond acceptors (Lipinski definition) is 5. The van der Waals surface area contributed by atoms with E-state index in [1.807, 2.05) is 0 Å². The Bertz CT molecular complexity index is 929. The summed E-state index contributed by atoms with van der Waals surface area (Å²) in [5, 5.41) is 25.0.